The van der Waals surface area contributed by atoms with Crippen molar-refractivity contribution >= 4 is 27.3 Å². The van der Waals surface area contributed by atoms with Crippen LogP contribution in [0.25, 0.3) is 0 Å². The Labute approximate surface area is 152 Å². The molecule has 1 fully saturated rings. The molecular formula is C18H20ClFN2O2S. The standard InChI is InChI=1S/C18H20ClFN2O2S/c1-13-12-15(6-7-17(13)20)25(23,24)22-10-8-21(9-11-22)18-5-3-4-16(19)14(18)2/h3-7,12H,8-11H2,1-2H3. The molecule has 2 aromatic carbocycles. The number of aryl methyl sites for hydroxylation is 1. The summed E-state index contributed by atoms with van der Waals surface area (Å²) in [5, 5.41) is 0.703. The Bertz CT molecular complexity index is 894. The van der Waals surface area contributed by atoms with Gasteiger partial charge in [-0.2, -0.15) is 4.31 Å². The van der Waals surface area contributed by atoms with E-state index in [0.717, 1.165) is 11.3 Å². The van der Waals surface area contributed by atoms with Crippen LogP contribution in [-0.2, 0) is 10.0 Å². The smallest absolute Gasteiger partial charge is 0.243 e. The highest BCUT2D eigenvalue weighted by Gasteiger charge is 2.29. The summed E-state index contributed by atoms with van der Waals surface area (Å²) < 4.78 is 40.4. The summed E-state index contributed by atoms with van der Waals surface area (Å²) in [4.78, 5) is 2.28. The molecule has 25 heavy (non-hydrogen) atoms. The van der Waals surface area contributed by atoms with Crippen LogP contribution in [0.15, 0.2) is 41.3 Å². The summed E-state index contributed by atoms with van der Waals surface area (Å²) in [5.74, 6) is -0.403. The van der Waals surface area contributed by atoms with E-state index >= 15 is 0 Å². The monoisotopic (exact) mass is 382 g/mol. The van der Waals surface area contributed by atoms with Gasteiger partial charge in [-0.3, -0.25) is 0 Å². The minimum atomic E-state index is -3.61. The summed E-state index contributed by atoms with van der Waals surface area (Å²) >= 11 is 6.18. The van der Waals surface area contributed by atoms with E-state index in [9.17, 15) is 12.8 Å². The zero-order valence-corrected chi connectivity index (χ0v) is 15.7. The molecule has 0 N–H and O–H groups in total. The van der Waals surface area contributed by atoms with E-state index in [2.05, 4.69) is 4.90 Å². The van der Waals surface area contributed by atoms with Gasteiger partial charge in [-0.25, -0.2) is 12.8 Å². The predicted octanol–water partition coefficient (Wildman–Crippen LogP) is 3.61. The molecular weight excluding hydrogens is 363 g/mol. The van der Waals surface area contributed by atoms with Crippen molar-refractivity contribution in [3.05, 3.63) is 58.4 Å². The molecule has 0 bridgehead atoms. The second kappa shape index (κ2) is 6.94. The lowest BCUT2D eigenvalue weighted by molar-refractivity contribution is 0.384. The van der Waals surface area contributed by atoms with Gasteiger partial charge in [-0.1, -0.05) is 17.7 Å². The third-order valence-electron chi connectivity index (χ3n) is 4.59. The molecule has 1 aliphatic rings. The first-order valence-electron chi connectivity index (χ1n) is 8.07. The average Bonchev–Trinajstić information content (AvgIpc) is 2.60. The molecule has 0 spiro atoms. The van der Waals surface area contributed by atoms with Crippen LogP contribution in [0.1, 0.15) is 11.1 Å². The summed E-state index contributed by atoms with van der Waals surface area (Å²) in [7, 11) is -3.61. The Hall–Kier alpha value is -1.63. The van der Waals surface area contributed by atoms with Crippen molar-refractivity contribution in [2.75, 3.05) is 31.1 Å². The minimum absolute atomic E-state index is 0.138. The maximum atomic E-state index is 13.4. The molecule has 0 radical (unpaired) electrons. The zero-order valence-electron chi connectivity index (χ0n) is 14.2. The van der Waals surface area contributed by atoms with Gasteiger partial charge < -0.3 is 4.90 Å². The fraction of sp³-hybridized carbons (Fsp3) is 0.333. The van der Waals surface area contributed by atoms with Crippen LogP contribution < -0.4 is 4.90 Å². The molecule has 0 saturated carbocycles. The lowest BCUT2D eigenvalue weighted by Crippen LogP contribution is -2.48. The summed E-state index contributed by atoms with van der Waals surface area (Å²) in [6, 6.07) is 9.65. The SMILES string of the molecule is Cc1cc(S(=O)(=O)N2CCN(c3cccc(Cl)c3C)CC2)ccc1F. The van der Waals surface area contributed by atoms with Gasteiger partial charge in [0.2, 0.25) is 10.0 Å². The second-order valence-electron chi connectivity index (χ2n) is 6.19. The number of sulfonamides is 1. The van der Waals surface area contributed by atoms with Crippen LogP contribution in [0.3, 0.4) is 0 Å². The predicted molar refractivity (Wildman–Crippen MR) is 98.3 cm³/mol. The summed E-state index contributed by atoms with van der Waals surface area (Å²) in [5.41, 5.74) is 2.35. The first-order chi connectivity index (χ1) is 11.8. The van der Waals surface area contributed by atoms with E-state index in [4.69, 9.17) is 11.6 Å². The highest BCUT2D eigenvalue weighted by molar-refractivity contribution is 7.89. The molecule has 1 heterocycles. The molecule has 134 valence electrons. The van der Waals surface area contributed by atoms with Crippen LogP contribution >= 0.6 is 11.6 Å². The van der Waals surface area contributed by atoms with Crippen molar-refractivity contribution in [2.24, 2.45) is 0 Å². The minimum Gasteiger partial charge on any atom is -0.369 e. The third kappa shape index (κ3) is 3.52. The number of nitrogens with zero attached hydrogens (tertiary/aromatic N) is 2. The molecule has 1 saturated heterocycles. The van der Waals surface area contributed by atoms with Crippen molar-refractivity contribution < 1.29 is 12.8 Å². The number of halogens is 2. The highest BCUT2D eigenvalue weighted by Crippen LogP contribution is 2.28. The molecule has 4 nitrogen and oxygen atoms in total. The Morgan fingerprint density at radius 3 is 2.36 bits per heavy atom. The molecule has 0 unspecified atom stereocenters. The third-order valence-corrected chi connectivity index (χ3v) is 6.89. The van der Waals surface area contributed by atoms with Crippen molar-refractivity contribution in [3.63, 3.8) is 0 Å². The Balaban J connectivity index is 1.77. The van der Waals surface area contributed by atoms with Gasteiger partial charge in [-0.15, -0.1) is 0 Å². The molecule has 3 rings (SSSR count). The van der Waals surface area contributed by atoms with Crippen LogP contribution in [0.2, 0.25) is 5.02 Å². The van der Waals surface area contributed by atoms with Crippen LogP contribution in [0.4, 0.5) is 10.1 Å². The molecule has 7 heteroatoms. The topological polar surface area (TPSA) is 40.6 Å². The number of hydrogen-bond donors (Lipinski definition) is 0. The largest absolute Gasteiger partial charge is 0.369 e. The zero-order chi connectivity index (χ0) is 18.2. The van der Waals surface area contributed by atoms with Gasteiger partial charge >= 0.3 is 0 Å². The van der Waals surface area contributed by atoms with E-state index in [0.29, 0.717) is 36.8 Å². The van der Waals surface area contributed by atoms with Crippen LogP contribution in [0, 0.1) is 19.7 Å². The number of anilines is 1. The molecule has 0 aromatic heterocycles. The molecule has 0 atom stereocenters. The lowest BCUT2D eigenvalue weighted by atomic mass is 10.1. The van der Waals surface area contributed by atoms with Gasteiger partial charge in [0.25, 0.3) is 0 Å². The second-order valence-corrected chi connectivity index (χ2v) is 8.53. The van der Waals surface area contributed by atoms with Gasteiger partial charge in [0.05, 0.1) is 4.90 Å². The van der Waals surface area contributed by atoms with E-state index in [1.165, 1.54) is 22.5 Å². The Kier molecular flexibility index (Phi) is 5.04. The van der Waals surface area contributed by atoms with Gasteiger partial charge in [0.1, 0.15) is 5.82 Å². The van der Waals surface area contributed by atoms with Crippen LogP contribution in [-0.4, -0.2) is 38.9 Å². The van der Waals surface area contributed by atoms with Crippen molar-refractivity contribution in [1.82, 2.24) is 4.31 Å². The van der Waals surface area contributed by atoms with Crippen LogP contribution in [0.5, 0.6) is 0 Å². The van der Waals surface area contributed by atoms with E-state index in [1.54, 1.807) is 6.92 Å². The maximum absolute atomic E-state index is 13.4. The molecule has 2 aromatic rings. The van der Waals surface area contributed by atoms with Gasteiger partial charge in [0.15, 0.2) is 0 Å². The highest BCUT2D eigenvalue weighted by atomic mass is 35.5. The Morgan fingerprint density at radius 1 is 1.04 bits per heavy atom. The quantitative estimate of drug-likeness (QED) is 0.814. The normalized spacial score (nSPS) is 16.2. The number of rotatable bonds is 3. The fourth-order valence-corrected chi connectivity index (χ4v) is 4.71. The van der Waals surface area contributed by atoms with Crippen molar-refractivity contribution in [2.45, 2.75) is 18.7 Å². The number of piperazine rings is 1. The van der Waals surface area contributed by atoms with E-state index < -0.39 is 15.8 Å². The molecule has 0 aliphatic carbocycles. The fourth-order valence-electron chi connectivity index (χ4n) is 3.03. The maximum Gasteiger partial charge on any atom is 0.243 e. The number of benzene rings is 2. The molecule has 1 aliphatic heterocycles. The van der Waals surface area contributed by atoms with Crippen molar-refractivity contribution in [1.29, 1.82) is 0 Å². The summed E-state index contributed by atoms with van der Waals surface area (Å²) in [6.45, 7) is 5.45. The molecule has 0 amide bonds. The van der Waals surface area contributed by atoms with Gasteiger partial charge in [0, 0.05) is 36.9 Å². The van der Waals surface area contributed by atoms with E-state index in [-0.39, 0.29) is 4.90 Å². The lowest BCUT2D eigenvalue weighted by Gasteiger charge is -2.36. The Morgan fingerprint density at radius 2 is 1.72 bits per heavy atom. The average molecular weight is 383 g/mol. The first-order valence-corrected chi connectivity index (χ1v) is 9.89. The van der Waals surface area contributed by atoms with E-state index in [1.807, 2.05) is 25.1 Å². The van der Waals surface area contributed by atoms with Gasteiger partial charge in [-0.05, 0) is 55.3 Å². The van der Waals surface area contributed by atoms with Crippen molar-refractivity contribution in [3.8, 4) is 0 Å². The summed E-state index contributed by atoms with van der Waals surface area (Å²) in [6.07, 6.45) is 0. The first kappa shape index (κ1) is 18.2. The number of hydrogen-bond acceptors (Lipinski definition) is 3.